The van der Waals surface area contributed by atoms with E-state index in [4.69, 9.17) is 16.3 Å². The van der Waals surface area contributed by atoms with Crippen molar-refractivity contribution in [1.29, 1.82) is 0 Å². The molecule has 0 N–H and O–H groups in total. The van der Waals surface area contributed by atoms with Crippen LogP contribution in [0.25, 0.3) is 0 Å². The molecule has 1 aromatic carbocycles. The van der Waals surface area contributed by atoms with Crippen LogP contribution in [0.3, 0.4) is 0 Å². The molecule has 1 nitrogen and oxygen atoms in total. The summed E-state index contributed by atoms with van der Waals surface area (Å²) in [6.45, 7) is 5.57. The highest BCUT2D eigenvalue weighted by Crippen LogP contribution is 2.11. The van der Waals surface area contributed by atoms with Gasteiger partial charge in [-0.1, -0.05) is 49.9 Å². The van der Waals surface area contributed by atoms with E-state index in [1.165, 1.54) is 18.4 Å². The quantitative estimate of drug-likeness (QED) is 0.581. The molecule has 0 amide bonds. The van der Waals surface area contributed by atoms with Gasteiger partial charge in [0.25, 0.3) is 0 Å². The van der Waals surface area contributed by atoms with Gasteiger partial charge in [0.2, 0.25) is 0 Å². The van der Waals surface area contributed by atoms with E-state index in [0.717, 1.165) is 43.9 Å². The highest BCUT2D eigenvalue weighted by molar-refractivity contribution is 6.30. The number of halogens is 1. The predicted molar refractivity (Wildman–Crippen MR) is 74.4 cm³/mol. The lowest BCUT2D eigenvalue weighted by Crippen LogP contribution is -1.98. The topological polar surface area (TPSA) is 9.23 Å². The molecule has 0 saturated carbocycles. The van der Waals surface area contributed by atoms with E-state index in [2.05, 4.69) is 19.1 Å². The summed E-state index contributed by atoms with van der Waals surface area (Å²) < 4.78 is 5.58. The Morgan fingerprint density at radius 3 is 2.35 bits per heavy atom. The zero-order chi connectivity index (χ0) is 12.3. The number of rotatable bonds is 9. The minimum Gasteiger partial charge on any atom is -0.381 e. The second-order valence-electron chi connectivity index (χ2n) is 4.26. The number of aryl methyl sites for hydroxylation is 1. The molecule has 0 aliphatic heterocycles. The monoisotopic (exact) mass is 253 g/mol. The third-order valence-corrected chi connectivity index (χ3v) is 2.96. The molecule has 1 rings (SSSR count). The summed E-state index contributed by atoms with van der Waals surface area (Å²) >= 11 is 5.83. The largest absolute Gasteiger partial charge is 0.381 e. The molecule has 0 aliphatic carbocycles. The maximum Gasteiger partial charge on any atom is 0.0469 e. The van der Waals surface area contributed by atoms with Crippen molar-refractivity contribution < 1.29 is 4.74 Å². The Hall–Kier alpha value is -0.530. The molecule has 1 radical (unpaired) electrons. The average Bonchev–Trinajstić information content (AvgIpc) is 2.35. The molecule has 0 bridgehead atoms. The van der Waals surface area contributed by atoms with Gasteiger partial charge in [-0.3, -0.25) is 0 Å². The van der Waals surface area contributed by atoms with Crippen LogP contribution >= 0.6 is 11.6 Å². The number of unbranched alkanes of at least 4 members (excludes halogenated alkanes) is 3. The molecule has 0 heterocycles. The van der Waals surface area contributed by atoms with Gasteiger partial charge >= 0.3 is 0 Å². The van der Waals surface area contributed by atoms with Crippen LogP contribution in [0.5, 0.6) is 0 Å². The van der Waals surface area contributed by atoms with Gasteiger partial charge in [0.15, 0.2) is 0 Å². The fourth-order valence-electron chi connectivity index (χ4n) is 1.69. The molecule has 0 spiro atoms. The van der Waals surface area contributed by atoms with Gasteiger partial charge in [-0.2, -0.15) is 0 Å². The number of ether oxygens (including phenoxy) is 1. The molecular formula is C15H22ClO. The maximum absolute atomic E-state index is 5.83. The van der Waals surface area contributed by atoms with Gasteiger partial charge in [-0.25, -0.2) is 0 Å². The lowest BCUT2D eigenvalue weighted by Gasteiger charge is -2.04. The molecule has 0 aliphatic rings. The second kappa shape index (κ2) is 9.49. The molecule has 0 unspecified atom stereocenters. The Morgan fingerprint density at radius 2 is 1.65 bits per heavy atom. The minimum atomic E-state index is 0.801. The third kappa shape index (κ3) is 7.40. The van der Waals surface area contributed by atoms with E-state index >= 15 is 0 Å². The summed E-state index contributed by atoms with van der Waals surface area (Å²) in [5, 5.41) is 0.801. The van der Waals surface area contributed by atoms with Crippen LogP contribution in [-0.2, 0) is 11.2 Å². The van der Waals surface area contributed by atoms with Crippen molar-refractivity contribution in [2.45, 2.75) is 38.5 Å². The van der Waals surface area contributed by atoms with E-state index in [0.29, 0.717) is 0 Å². The number of hydrogen-bond acceptors (Lipinski definition) is 1. The number of benzene rings is 1. The standard InChI is InChI=1S/C15H22ClO/c1-2-3-4-5-12-17-13-6-7-14-8-10-15(16)11-9-14/h8-11H,1-7,12-13H2. The summed E-state index contributed by atoms with van der Waals surface area (Å²) in [6.07, 6.45) is 6.80. The first-order chi connectivity index (χ1) is 8.33. The molecule has 0 fully saturated rings. The molecule has 0 aromatic heterocycles. The SMILES string of the molecule is [CH2]CCCCCOCCCc1ccc(Cl)cc1. The summed E-state index contributed by atoms with van der Waals surface area (Å²) in [5.41, 5.74) is 1.33. The van der Waals surface area contributed by atoms with Crippen LogP contribution in [0.4, 0.5) is 0 Å². The van der Waals surface area contributed by atoms with E-state index in [1.807, 2.05) is 12.1 Å². The Morgan fingerprint density at radius 1 is 0.941 bits per heavy atom. The molecular weight excluding hydrogens is 232 g/mol. The lowest BCUT2D eigenvalue weighted by atomic mass is 10.1. The Bertz CT molecular complexity index is 281. The van der Waals surface area contributed by atoms with Crippen molar-refractivity contribution >= 4 is 11.6 Å². The van der Waals surface area contributed by atoms with Gasteiger partial charge in [0, 0.05) is 18.2 Å². The predicted octanol–water partition coefficient (Wildman–Crippen LogP) is 4.68. The van der Waals surface area contributed by atoms with Gasteiger partial charge in [0.05, 0.1) is 0 Å². The Kier molecular flexibility index (Phi) is 8.12. The van der Waals surface area contributed by atoms with Crippen molar-refractivity contribution in [3.05, 3.63) is 41.8 Å². The molecule has 0 saturated heterocycles. The lowest BCUT2D eigenvalue weighted by molar-refractivity contribution is 0.128. The summed E-state index contributed by atoms with van der Waals surface area (Å²) in [5.74, 6) is 0. The van der Waals surface area contributed by atoms with Gasteiger partial charge in [0.1, 0.15) is 0 Å². The fraction of sp³-hybridized carbons (Fsp3) is 0.533. The summed E-state index contributed by atoms with van der Waals surface area (Å²) in [4.78, 5) is 0. The third-order valence-electron chi connectivity index (χ3n) is 2.71. The van der Waals surface area contributed by atoms with E-state index in [1.54, 1.807) is 0 Å². The van der Waals surface area contributed by atoms with Crippen LogP contribution in [0.2, 0.25) is 5.02 Å². The van der Waals surface area contributed by atoms with Crippen LogP contribution < -0.4 is 0 Å². The Labute approximate surface area is 110 Å². The van der Waals surface area contributed by atoms with Gasteiger partial charge in [-0.05, 0) is 37.0 Å². The molecule has 95 valence electrons. The van der Waals surface area contributed by atoms with Crippen LogP contribution in [-0.4, -0.2) is 13.2 Å². The molecule has 1 aromatic rings. The van der Waals surface area contributed by atoms with Crippen LogP contribution in [0, 0.1) is 6.92 Å². The number of hydrogen-bond donors (Lipinski definition) is 0. The zero-order valence-corrected chi connectivity index (χ0v) is 11.2. The van der Waals surface area contributed by atoms with E-state index in [-0.39, 0.29) is 0 Å². The molecule has 2 heteroatoms. The summed E-state index contributed by atoms with van der Waals surface area (Å²) in [7, 11) is 0. The van der Waals surface area contributed by atoms with Crippen molar-refractivity contribution in [3.8, 4) is 0 Å². The molecule has 0 atom stereocenters. The van der Waals surface area contributed by atoms with Gasteiger partial charge in [-0.15, -0.1) is 0 Å². The highest BCUT2D eigenvalue weighted by atomic mass is 35.5. The highest BCUT2D eigenvalue weighted by Gasteiger charge is 1.94. The van der Waals surface area contributed by atoms with Crippen LogP contribution in [0.1, 0.15) is 37.7 Å². The first-order valence-corrected chi connectivity index (χ1v) is 6.82. The van der Waals surface area contributed by atoms with Crippen molar-refractivity contribution in [2.75, 3.05) is 13.2 Å². The summed E-state index contributed by atoms with van der Waals surface area (Å²) in [6, 6.07) is 8.04. The van der Waals surface area contributed by atoms with E-state index < -0.39 is 0 Å². The smallest absolute Gasteiger partial charge is 0.0469 e. The average molecular weight is 254 g/mol. The zero-order valence-electron chi connectivity index (χ0n) is 10.5. The first kappa shape index (κ1) is 14.5. The second-order valence-corrected chi connectivity index (χ2v) is 4.69. The Balaban J connectivity index is 1.95. The fourth-order valence-corrected chi connectivity index (χ4v) is 1.82. The van der Waals surface area contributed by atoms with Crippen LogP contribution in [0.15, 0.2) is 24.3 Å². The maximum atomic E-state index is 5.83. The van der Waals surface area contributed by atoms with E-state index in [9.17, 15) is 0 Å². The van der Waals surface area contributed by atoms with Crippen molar-refractivity contribution in [3.63, 3.8) is 0 Å². The molecule has 17 heavy (non-hydrogen) atoms. The normalized spacial score (nSPS) is 10.7. The minimum absolute atomic E-state index is 0.801. The first-order valence-electron chi connectivity index (χ1n) is 6.44. The van der Waals surface area contributed by atoms with Crippen molar-refractivity contribution in [1.82, 2.24) is 0 Å². The van der Waals surface area contributed by atoms with Gasteiger partial charge < -0.3 is 4.74 Å². The van der Waals surface area contributed by atoms with Crippen molar-refractivity contribution in [2.24, 2.45) is 0 Å².